The number of anilines is 2. The lowest BCUT2D eigenvalue weighted by Gasteiger charge is -2.35. The molecule has 1 aromatic carbocycles. The van der Waals surface area contributed by atoms with Crippen LogP contribution in [0.15, 0.2) is 40.7 Å². The number of para-hydroxylation sites is 1. The van der Waals surface area contributed by atoms with Crippen molar-refractivity contribution in [2.24, 2.45) is 0 Å². The van der Waals surface area contributed by atoms with Crippen LogP contribution in [0.5, 0.6) is 0 Å². The van der Waals surface area contributed by atoms with Gasteiger partial charge in [0.15, 0.2) is 5.13 Å². The monoisotopic (exact) mass is 388 g/mol. The van der Waals surface area contributed by atoms with E-state index in [2.05, 4.69) is 39.9 Å². The predicted molar refractivity (Wildman–Crippen MR) is 109 cm³/mol. The second kappa shape index (κ2) is 7.98. The first-order valence-corrected chi connectivity index (χ1v) is 10.9. The van der Waals surface area contributed by atoms with Crippen LogP contribution in [0.25, 0.3) is 0 Å². The Balaban J connectivity index is 1.39. The number of aromatic nitrogens is 1. The molecule has 2 aliphatic heterocycles. The molecule has 0 bridgehead atoms. The Morgan fingerprint density at radius 1 is 1.19 bits per heavy atom. The summed E-state index contributed by atoms with van der Waals surface area (Å²) in [5, 5.41) is 3.64. The number of hydrogen-bond acceptors (Lipinski definition) is 6. The molecule has 26 heavy (non-hydrogen) atoms. The molecule has 1 atom stereocenters. The largest absolute Gasteiger partial charge is 0.346 e. The molecule has 1 unspecified atom stereocenters. The zero-order valence-electron chi connectivity index (χ0n) is 15.0. The van der Waals surface area contributed by atoms with Crippen LogP contribution in [0.2, 0.25) is 0 Å². The lowest BCUT2D eigenvalue weighted by Crippen LogP contribution is -2.50. The van der Waals surface area contributed by atoms with Gasteiger partial charge in [0, 0.05) is 54.4 Å². The zero-order chi connectivity index (χ0) is 17.9. The minimum atomic E-state index is 0.217. The highest BCUT2D eigenvalue weighted by molar-refractivity contribution is 8.00. The first-order valence-electron chi connectivity index (χ1n) is 9.13. The fourth-order valence-corrected chi connectivity index (χ4v) is 5.30. The Kier molecular flexibility index (Phi) is 5.47. The Morgan fingerprint density at radius 2 is 2.00 bits per heavy atom. The first kappa shape index (κ1) is 17.8. The van der Waals surface area contributed by atoms with Crippen LogP contribution in [-0.4, -0.2) is 60.3 Å². The van der Waals surface area contributed by atoms with Crippen LogP contribution in [0, 0.1) is 0 Å². The maximum atomic E-state index is 13.0. The highest BCUT2D eigenvalue weighted by Gasteiger charge is 2.27. The van der Waals surface area contributed by atoms with E-state index in [4.69, 9.17) is 0 Å². The fraction of sp³-hybridized carbons (Fsp3) is 0.474. The molecule has 5 nitrogen and oxygen atoms in total. The highest BCUT2D eigenvalue weighted by Crippen LogP contribution is 2.37. The van der Waals surface area contributed by atoms with E-state index < -0.39 is 0 Å². The molecule has 2 aliphatic rings. The van der Waals surface area contributed by atoms with Crippen LogP contribution in [0.4, 0.5) is 10.8 Å². The van der Waals surface area contributed by atoms with E-state index >= 15 is 0 Å². The van der Waals surface area contributed by atoms with E-state index in [1.165, 1.54) is 4.90 Å². The van der Waals surface area contributed by atoms with Gasteiger partial charge in [0.05, 0.1) is 12.2 Å². The van der Waals surface area contributed by atoms with Crippen molar-refractivity contribution >= 4 is 39.8 Å². The summed E-state index contributed by atoms with van der Waals surface area (Å²) in [7, 11) is 0. The number of nitrogens with zero attached hydrogens (tertiary/aromatic N) is 4. The smallest absolute Gasteiger partial charge is 0.241 e. The molecule has 138 valence electrons. The van der Waals surface area contributed by atoms with Crippen molar-refractivity contribution in [2.75, 3.05) is 49.1 Å². The number of thiazole rings is 1. The summed E-state index contributed by atoms with van der Waals surface area (Å²) < 4.78 is 0. The topological polar surface area (TPSA) is 39.7 Å². The molecule has 2 aromatic rings. The summed E-state index contributed by atoms with van der Waals surface area (Å²) in [4.78, 5) is 25.2. The van der Waals surface area contributed by atoms with Gasteiger partial charge in [-0.2, -0.15) is 0 Å². The summed E-state index contributed by atoms with van der Waals surface area (Å²) in [6.07, 6.45) is 2.88. The number of carbonyl (C=O) groups is 1. The molecule has 0 radical (unpaired) electrons. The average molecular weight is 389 g/mol. The standard InChI is InChI=1S/C19H24N4OS2/c1-15-6-8-23(16-4-2-3-5-17(16)26-15)18(24)14-21-9-11-22(12-10-21)19-20-7-13-25-19/h2-5,7,13,15H,6,8-12,14H2,1H3. The number of rotatable bonds is 3. The van der Waals surface area contributed by atoms with Crippen LogP contribution in [-0.2, 0) is 4.79 Å². The molecule has 4 rings (SSSR count). The third-order valence-electron chi connectivity index (χ3n) is 4.97. The molecule has 7 heteroatoms. The van der Waals surface area contributed by atoms with E-state index in [0.29, 0.717) is 11.8 Å². The van der Waals surface area contributed by atoms with E-state index in [1.54, 1.807) is 11.3 Å². The van der Waals surface area contributed by atoms with E-state index in [0.717, 1.165) is 50.0 Å². The van der Waals surface area contributed by atoms with Crippen molar-refractivity contribution in [1.29, 1.82) is 0 Å². The number of amides is 1. The van der Waals surface area contributed by atoms with Crippen LogP contribution in [0.3, 0.4) is 0 Å². The Labute approximate surface area is 163 Å². The van der Waals surface area contributed by atoms with Gasteiger partial charge in [0.25, 0.3) is 0 Å². The lowest BCUT2D eigenvalue weighted by atomic mass is 10.2. The van der Waals surface area contributed by atoms with Gasteiger partial charge in [0.1, 0.15) is 0 Å². The molecule has 0 spiro atoms. The number of carbonyl (C=O) groups excluding carboxylic acids is 1. The quantitative estimate of drug-likeness (QED) is 0.808. The summed E-state index contributed by atoms with van der Waals surface area (Å²) in [6, 6.07) is 8.31. The third kappa shape index (κ3) is 3.89. The number of benzene rings is 1. The van der Waals surface area contributed by atoms with Gasteiger partial charge in [-0.15, -0.1) is 23.1 Å². The lowest BCUT2D eigenvalue weighted by molar-refractivity contribution is -0.119. The van der Waals surface area contributed by atoms with Gasteiger partial charge in [0.2, 0.25) is 5.91 Å². The second-order valence-corrected chi connectivity index (χ2v) is 9.16. The summed E-state index contributed by atoms with van der Waals surface area (Å²) in [5.74, 6) is 0.217. The number of piperazine rings is 1. The normalized spacial score (nSPS) is 21.3. The van der Waals surface area contributed by atoms with Crippen molar-refractivity contribution in [1.82, 2.24) is 9.88 Å². The molecule has 0 N–H and O–H groups in total. The fourth-order valence-electron chi connectivity index (χ4n) is 3.49. The molecule has 1 aromatic heterocycles. The Hall–Kier alpha value is -1.57. The number of fused-ring (bicyclic) bond motifs is 1. The molecule has 0 aliphatic carbocycles. The molecule has 1 fully saturated rings. The van der Waals surface area contributed by atoms with E-state index in [9.17, 15) is 4.79 Å². The molecule has 3 heterocycles. The van der Waals surface area contributed by atoms with E-state index in [1.807, 2.05) is 34.3 Å². The average Bonchev–Trinajstić information content (AvgIpc) is 3.12. The van der Waals surface area contributed by atoms with Gasteiger partial charge in [-0.25, -0.2) is 4.98 Å². The Morgan fingerprint density at radius 3 is 2.77 bits per heavy atom. The van der Waals surface area contributed by atoms with Crippen LogP contribution < -0.4 is 9.80 Å². The van der Waals surface area contributed by atoms with Gasteiger partial charge in [-0.3, -0.25) is 9.69 Å². The SMILES string of the molecule is CC1CCN(C(=O)CN2CCN(c3nccs3)CC2)c2ccccc2S1. The van der Waals surface area contributed by atoms with Gasteiger partial charge < -0.3 is 9.80 Å². The molecule has 0 saturated carbocycles. The van der Waals surface area contributed by atoms with Gasteiger partial charge in [-0.05, 0) is 18.6 Å². The second-order valence-electron chi connectivity index (χ2n) is 6.81. The molecule has 1 amide bonds. The maximum Gasteiger partial charge on any atom is 0.241 e. The van der Waals surface area contributed by atoms with Crippen molar-refractivity contribution in [3.63, 3.8) is 0 Å². The van der Waals surface area contributed by atoms with Crippen molar-refractivity contribution in [3.8, 4) is 0 Å². The zero-order valence-corrected chi connectivity index (χ0v) is 16.6. The minimum Gasteiger partial charge on any atom is -0.346 e. The number of thioether (sulfide) groups is 1. The Bertz CT molecular complexity index is 744. The highest BCUT2D eigenvalue weighted by atomic mass is 32.2. The molecule has 1 saturated heterocycles. The summed E-state index contributed by atoms with van der Waals surface area (Å²) in [5.41, 5.74) is 1.08. The molecular formula is C19H24N4OS2. The summed E-state index contributed by atoms with van der Waals surface area (Å²) >= 11 is 3.56. The number of hydrogen-bond donors (Lipinski definition) is 0. The van der Waals surface area contributed by atoms with Crippen LogP contribution in [0.1, 0.15) is 13.3 Å². The van der Waals surface area contributed by atoms with Crippen molar-refractivity contribution in [3.05, 3.63) is 35.8 Å². The van der Waals surface area contributed by atoms with Crippen molar-refractivity contribution < 1.29 is 4.79 Å². The maximum absolute atomic E-state index is 13.0. The summed E-state index contributed by atoms with van der Waals surface area (Å²) in [6.45, 7) is 7.24. The molecular weight excluding hydrogens is 364 g/mol. The minimum absolute atomic E-state index is 0.217. The first-order chi connectivity index (χ1) is 12.7. The van der Waals surface area contributed by atoms with Crippen molar-refractivity contribution in [2.45, 2.75) is 23.5 Å². The van der Waals surface area contributed by atoms with Gasteiger partial charge >= 0.3 is 0 Å². The third-order valence-corrected chi connectivity index (χ3v) is 7.03. The van der Waals surface area contributed by atoms with E-state index in [-0.39, 0.29) is 5.91 Å². The van der Waals surface area contributed by atoms with Gasteiger partial charge in [-0.1, -0.05) is 19.1 Å². The van der Waals surface area contributed by atoms with Crippen LogP contribution >= 0.6 is 23.1 Å². The predicted octanol–water partition coefficient (Wildman–Crippen LogP) is 3.18.